The van der Waals surface area contributed by atoms with Crippen molar-refractivity contribution >= 4 is 14.3 Å². The highest BCUT2D eigenvalue weighted by atomic mass is 28.4. The summed E-state index contributed by atoms with van der Waals surface area (Å²) in [4.78, 5) is 11.8. The molecule has 0 aromatic rings. The fraction of sp³-hybridized carbons (Fsp3) is 0.812. The van der Waals surface area contributed by atoms with Crippen LogP contribution in [0.5, 0.6) is 0 Å². The maximum Gasteiger partial charge on any atom is 0.337 e. The van der Waals surface area contributed by atoms with Crippen molar-refractivity contribution in [1.82, 2.24) is 0 Å². The largest absolute Gasteiger partial charge is 0.492 e. The highest BCUT2D eigenvalue weighted by molar-refractivity contribution is 6.69. The Morgan fingerprint density at radius 1 is 1.05 bits per heavy atom. The number of methoxy groups -OCH3 is 1. The number of rotatable bonds is 5. The summed E-state index contributed by atoms with van der Waals surface area (Å²) in [7, 11) is -0.142. The van der Waals surface area contributed by atoms with Crippen LogP contribution in [-0.4, -0.2) is 33.6 Å². The average Bonchev–Trinajstić information content (AvgIpc) is 2.86. The van der Waals surface area contributed by atoms with Crippen LogP contribution in [0.1, 0.15) is 44.9 Å². The lowest BCUT2D eigenvalue weighted by Crippen LogP contribution is -2.42. The van der Waals surface area contributed by atoms with Crippen molar-refractivity contribution in [2.75, 3.05) is 7.11 Å². The molecule has 2 aliphatic rings. The molecule has 1 saturated carbocycles. The lowest BCUT2D eigenvalue weighted by molar-refractivity contribution is -0.136. The summed E-state index contributed by atoms with van der Waals surface area (Å²) in [6, 6.07) is 0. The molecule has 2 rings (SSSR count). The minimum atomic E-state index is -1.58. The molecule has 0 amide bonds. The Bertz CT molecular complexity index is 411. The Balaban J connectivity index is 2.06. The Morgan fingerprint density at radius 3 is 2.33 bits per heavy atom. The molecule has 21 heavy (non-hydrogen) atoms. The third-order valence-corrected chi connectivity index (χ3v) is 5.05. The van der Waals surface area contributed by atoms with Gasteiger partial charge < -0.3 is 13.9 Å². The molecule has 0 bridgehead atoms. The molecule has 5 heteroatoms. The quantitative estimate of drug-likeness (QED) is 0.572. The number of hydrogen-bond donors (Lipinski definition) is 0. The molecule has 0 spiro atoms. The minimum Gasteiger partial charge on any atom is -0.492 e. The van der Waals surface area contributed by atoms with E-state index in [9.17, 15) is 4.79 Å². The van der Waals surface area contributed by atoms with E-state index in [2.05, 4.69) is 19.6 Å². The maximum absolute atomic E-state index is 11.8. The summed E-state index contributed by atoms with van der Waals surface area (Å²) in [5.74, 6) is 0.610. The summed E-state index contributed by atoms with van der Waals surface area (Å²) < 4.78 is 17.4. The number of esters is 1. The SMILES string of the molecule is COC(=O)C1=C(O[C@H]2CCCC[C@@H]2O[Si](C)(C)C)CCC1. The van der Waals surface area contributed by atoms with Gasteiger partial charge in [0, 0.05) is 6.42 Å². The fourth-order valence-corrected chi connectivity index (χ4v) is 4.33. The van der Waals surface area contributed by atoms with Crippen LogP contribution in [0.3, 0.4) is 0 Å². The molecule has 0 radical (unpaired) electrons. The first-order chi connectivity index (χ1) is 9.90. The van der Waals surface area contributed by atoms with Crippen LogP contribution >= 0.6 is 0 Å². The number of hydrogen-bond acceptors (Lipinski definition) is 4. The number of allylic oxidation sites excluding steroid dienone is 1. The second kappa shape index (κ2) is 6.96. The Morgan fingerprint density at radius 2 is 1.71 bits per heavy atom. The van der Waals surface area contributed by atoms with Gasteiger partial charge in [-0.05, 0) is 51.7 Å². The number of carbonyl (C=O) groups is 1. The van der Waals surface area contributed by atoms with Crippen LogP contribution in [0.25, 0.3) is 0 Å². The predicted octanol–water partition coefficient (Wildman–Crippen LogP) is 3.78. The van der Waals surface area contributed by atoms with E-state index in [1.54, 1.807) is 0 Å². The van der Waals surface area contributed by atoms with Crippen molar-refractivity contribution in [3.63, 3.8) is 0 Å². The van der Waals surface area contributed by atoms with Gasteiger partial charge in [-0.2, -0.15) is 0 Å². The van der Waals surface area contributed by atoms with Crippen LogP contribution < -0.4 is 0 Å². The Kier molecular flexibility index (Phi) is 5.49. The van der Waals surface area contributed by atoms with Crippen molar-refractivity contribution < 1.29 is 18.7 Å². The van der Waals surface area contributed by atoms with Gasteiger partial charge in [0.15, 0.2) is 8.32 Å². The molecule has 1 fully saturated rings. The van der Waals surface area contributed by atoms with Gasteiger partial charge in [-0.25, -0.2) is 4.79 Å². The predicted molar refractivity (Wildman–Crippen MR) is 84.5 cm³/mol. The van der Waals surface area contributed by atoms with Crippen LogP contribution in [0.15, 0.2) is 11.3 Å². The zero-order valence-corrected chi connectivity index (χ0v) is 14.7. The molecule has 2 aliphatic carbocycles. The van der Waals surface area contributed by atoms with Gasteiger partial charge >= 0.3 is 5.97 Å². The van der Waals surface area contributed by atoms with Gasteiger partial charge in [0.25, 0.3) is 0 Å². The van der Waals surface area contributed by atoms with Crippen LogP contribution in [0.2, 0.25) is 19.6 Å². The van der Waals surface area contributed by atoms with Gasteiger partial charge in [-0.15, -0.1) is 0 Å². The van der Waals surface area contributed by atoms with E-state index in [1.807, 2.05) is 0 Å². The zero-order chi connectivity index (χ0) is 15.5. The van der Waals surface area contributed by atoms with Gasteiger partial charge in [0.05, 0.1) is 18.8 Å². The molecule has 0 heterocycles. The third-order valence-electron chi connectivity index (χ3n) is 4.04. The highest BCUT2D eigenvalue weighted by Crippen LogP contribution is 2.33. The summed E-state index contributed by atoms with van der Waals surface area (Å²) in [5.41, 5.74) is 0.731. The second-order valence-corrected chi connectivity index (χ2v) is 11.4. The lowest BCUT2D eigenvalue weighted by Gasteiger charge is -2.36. The Labute approximate surface area is 129 Å². The summed E-state index contributed by atoms with van der Waals surface area (Å²) in [5, 5.41) is 0. The van der Waals surface area contributed by atoms with Gasteiger partial charge in [0.1, 0.15) is 11.9 Å². The second-order valence-electron chi connectivity index (χ2n) is 6.96. The van der Waals surface area contributed by atoms with Crippen molar-refractivity contribution in [3.05, 3.63) is 11.3 Å². The molecule has 120 valence electrons. The van der Waals surface area contributed by atoms with Crippen LogP contribution in [-0.2, 0) is 18.7 Å². The van der Waals surface area contributed by atoms with Crippen molar-refractivity contribution in [3.8, 4) is 0 Å². The molecule has 0 aromatic carbocycles. The summed E-state index contributed by atoms with van der Waals surface area (Å²) in [6.07, 6.45) is 7.34. The summed E-state index contributed by atoms with van der Waals surface area (Å²) >= 11 is 0. The molecule has 4 nitrogen and oxygen atoms in total. The minimum absolute atomic E-state index is 0.0956. The van der Waals surface area contributed by atoms with Crippen molar-refractivity contribution in [1.29, 1.82) is 0 Å². The monoisotopic (exact) mass is 312 g/mol. The molecule has 0 unspecified atom stereocenters. The Hall–Kier alpha value is -0.813. The topological polar surface area (TPSA) is 44.8 Å². The standard InChI is InChI=1S/C16H28O4Si/c1-18-16(17)12-8-7-11-13(12)19-14-9-5-6-10-15(14)20-21(2,3)4/h14-15H,5-11H2,1-4H3/t14-,15-/m0/s1. The molecule has 2 atom stereocenters. The molecule has 0 aliphatic heterocycles. The van der Waals surface area contributed by atoms with E-state index in [0.717, 1.165) is 43.4 Å². The normalized spacial score (nSPS) is 26.9. The first-order valence-electron chi connectivity index (χ1n) is 8.05. The van der Waals surface area contributed by atoms with Gasteiger partial charge in [-0.1, -0.05) is 6.42 Å². The molecule has 0 N–H and O–H groups in total. The van der Waals surface area contributed by atoms with E-state index in [0.29, 0.717) is 0 Å². The van der Waals surface area contributed by atoms with E-state index < -0.39 is 8.32 Å². The van der Waals surface area contributed by atoms with Crippen molar-refractivity contribution in [2.24, 2.45) is 0 Å². The summed E-state index contributed by atoms with van der Waals surface area (Å²) in [6.45, 7) is 6.65. The van der Waals surface area contributed by atoms with Gasteiger partial charge in [0.2, 0.25) is 0 Å². The highest BCUT2D eigenvalue weighted by Gasteiger charge is 2.34. The van der Waals surface area contributed by atoms with Crippen molar-refractivity contribution in [2.45, 2.75) is 76.8 Å². The maximum atomic E-state index is 11.8. The average molecular weight is 312 g/mol. The number of ether oxygens (including phenoxy) is 2. The molecular weight excluding hydrogens is 284 g/mol. The van der Waals surface area contributed by atoms with E-state index in [1.165, 1.54) is 20.0 Å². The first kappa shape index (κ1) is 16.6. The van der Waals surface area contributed by atoms with Crippen LogP contribution in [0, 0.1) is 0 Å². The molecule has 0 aromatic heterocycles. The molecular formula is C16H28O4Si. The van der Waals surface area contributed by atoms with Crippen LogP contribution in [0.4, 0.5) is 0 Å². The van der Waals surface area contributed by atoms with E-state index in [4.69, 9.17) is 13.9 Å². The molecule has 0 saturated heterocycles. The first-order valence-corrected chi connectivity index (χ1v) is 11.5. The fourth-order valence-electron chi connectivity index (χ4n) is 3.15. The smallest absolute Gasteiger partial charge is 0.337 e. The third kappa shape index (κ3) is 4.58. The number of carbonyl (C=O) groups excluding carboxylic acids is 1. The van der Waals surface area contributed by atoms with E-state index >= 15 is 0 Å². The zero-order valence-electron chi connectivity index (χ0n) is 13.7. The lowest BCUT2D eigenvalue weighted by atomic mass is 9.95. The van der Waals surface area contributed by atoms with E-state index in [-0.39, 0.29) is 18.2 Å². The van der Waals surface area contributed by atoms with Gasteiger partial charge in [-0.3, -0.25) is 0 Å².